The molecule has 0 amide bonds. The number of ether oxygens (including phenoxy) is 1. The Balaban J connectivity index is 2.10. The molecule has 0 saturated carbocycles. The second-order valence-corrected chi connectivity index (χ2v) is 5.44. The number of pyridine rings is 1. The van der Waals surface area contributed by atoms with E-state index in [4.69, 9.17) is 4.74 Å². The molecular formula is C16H14N2O2S. The zero-order valence-corrected chi connectivity index (χ0v) is 12.6. The van der Waals surface area contributed by atoms with E-state index in [-0.39, 0.29) is 5.97 Å². The Morgan fingerprint density at radius 2 is 2.10 bits per heavy atom. The molecule has 3 aromatic rings. The average Bonchev–Trinajstić information content (AvgIpc) is 2.96. The van der Waals surface area contributed by atoms with Crippen LogP contribution in [0, 0.1) is 6.92 Å². The van der Waals surface area contributed by atoms with E-state index >= 15 is 0 Å². The van der Waals surface area contributed by atoms with Gasteiger partial charge in [-0.1, -0.05) is 18.2 Å². The van der Waals surface area contributed by atoms with E-state index in [1.165, 1.54) is 11.3 Å². The number of hydrogen-bond acceptors (Lipinski definition) is 5. The maximum atomic E-state index is 11.7. The molecule has 5 heteroatoms. The fourth-order valence-corrected chi connectivity index (χ4v) is 3.00. The summed E-state index contributed by atoms with van der Waals surface area (Å²) in [5, 5.41) is 3.57. The van der Waals surface area contributed by atoms with Crippen LogP contribution in [0.2, 0.25) is 0 Å². The maximum Gasteiger partial charge on any atom is 0.357 e. The maximum absolute atomic E-state index is 11.7. The number of esters is 1. The van der Waals surface area contributed by atoms with Gasteiger partial charge in [0.2, 0.25) is 0 Å². The monoisotopic (exact) mass is 298 g/mol. The molecule has 0 fully saturated rings. The highest BCUT2D eigenvalue weighted by Crippen LogP contribution is 2.31. The fraction of sp³-hybridized carbons (Fsp3) is 0.188. The summed E-state index contributed by atoms with van der Waals surface area (Å²) >= 11 is 1.44. The van der Waals surface area contributed by atoms with Crippen LogP contribution in [0.1, 0.15) is 23.1 Å². The van der Waals surface area contributed by atoms with Crippen molar-refractivity contribution in [2.24, 2.45) is 0 Å². The lowest BCUT2D eigenvalue weighted by molar-refractivity contribution is 0.0520. The van der Waals surface area contributed by atoms with Gasteiger partial charge in [0.25, 0.3) is 0 Å². The molecule has 4 nitrogen and oxygen atoms in total. The van der Waals surface area contributed by atoms with Crippen LogP contribution in [-0.2, 0) is 4.74 Å². The topological polar surface area (TPSA) is 52.1 Å². The first-order valence-corrected chi connectivity index (χ1v) is 7.56. The molecule has 0 spiro atoms. The summed E-state index contributed by atoms with van der Waals surface area (Å²) in [5.41, 5.74) is 3.21. The van der Waals surface area contributed by atoms with E-state index in [0.29, 0.717) is 12.3 Å². The summed E-state index contributed by atoms with van der Waals surface area (Å²) in [6, 6.07) is 9.93. The third kappa shape index (κ3) is 2.64. The number of rotatable bonds is 3. The number of para-hydroxylation sites is 1. The summed E-state index contributed by atoms with van der Waals surface area (Å²) in [5.74, 6) is -0.380. The van der Waals surface area contributed by atoms with Gasteiger partial charge in [0, 0.05) is 22.0 Å². The number of thiazole rings is 1. The van der Waals surface area contributed by atoms with Crippen LogP contribution < -0.4 is 0 Å². The lowest BCUT2D eigenvalue weighted by Gasteiger charge is -2.05. The molecular weight excluding hydrogens is 284 g/mol. The number of carbonyl (C=O) groups excluding carboxylic acids is 1. The first kappa shape index (κ1) is 13.7. The predicted molar refractivity (Wildman–Crippen MR) is 83.5 cm³/mol. The van der Waals surface area contributed by atoms with Crippen molar-refractivity contribution in [3.63, 3.8) is 0 Å². The number of aromatic nitrogens is 2. The normalized spacial score (nSPS) is 10.8. The van der Waals surface area contributed by atoms with Crippen molar-refractivity contribution in [2.45, 2.75) is 13.8 Å². The number of nitrogens with zero attached hydrogens (tertiary/aromatic N) is 2. The van der Waals surface area contributed by atoms with E-state index in [1.54, 1.807) is 12.3 Å². The van der Waals surface area contributed by atoms with Gasteiger partial charge in [-0.25, -0.2) is 9.78 Å². The Kier molecular flexibility index (Phi) is 3.66. The molecule has 0 aliphatic carbocycles. The third-order valence-electron chi connectivity index (χ3n) is 3.06. The molecule has 0 radical (unpaired) electrons. The zero-order valence-electron chi connectivity index (χ0n) is 11.8. The van der Waals surface area contributed by atoms with E-state index in [9.17, 15) is 4.79 Å². The van der Waals surface area contributed by atoms with Gasteiger partial charge in [-0.3, -0.25) is 4.98 Å². The Labute approximate surface area is 126 Å². The van der Waals surface area contributed by atoms with Crippen LogP contribution in [0.4, 0.5) is 0 Å². The van der Waals surface area contributed by atoms with Gasteiger partial charge >= 0.3 is 5.97 Å². The van der Waals surface area contributed by atoms with Crippen molar-refractivity contribution in [2.75, 3.05) is 6.61 Å². The number of fused-ring (bicyclic) bond motifs is 1. The third-order valence-corrected chi connectivity index (χ3v) is 3.94. The quantitative estimate of drug-likeness (QED) is 0.689. The van der Waals surface area contributed by atoms with Gasteiger partial charge in [-0.05, 0) is 26.0 Å². The molecule has 2 aromatic heterocycles. The lowest BCUT2D eigenvalue weighted by atomic mass is 10.1. The molecule has 0 saturated heterocycles. The van der Waals surface area contributed by atoms with Gasteiger partial charge in [-0.15, -0.1) is 11.3 Å². The SMILES string of the molecule is CCOC(=O)c1csc(-c2cc(C)nc3ccccc23)n1. The Morgan fingerprint density at radius 1 is 1.29 bits per heavy atom. The predicted octanol–water partition coefficient (Wildman–Crippen LogP) is 3.84. The molecule has 1 aromatic carbocycles. The largest absolute Gasteiger partial charge is 0.461 e. The Hall–Kier alpha value is -2.27. The fourth-order valence-electron chi connectivity index (χ4n) is 2.18. The van der Waals surface area contributed by atoms with E-state index in [1.807, 2.05) is 37.3 Å². The second-order valence-electron chi connectivity index (χ2n) is 4.59. The molecule has 106 valence electrons. The molecule has 2 heterocycles. The molecule has 0 aliphatic heterocycles. The molecule has 0 unspecified atom stereocenters. The standard InChI is InChI=1S/C16H14N2O2S/c1-3-20-16(19)14-9-21-15(18-14)12-8-10(2)17-13-7-5-4-6-11(12)13/h4-9H,3H2,1-2H3. The number of hydrogen-bond donors (Lipinski definition) is 0. The molecule has 0 bridgehead atoms. The van der Waals surface area contributed by atoms with Crippen LogP contribution in [0.5, 0.6) is 0 Å². The number of carbonyl (C=O) groups is 1. The summed E-state index contributed by atoms with van der Waals surface area (Å²) < 4.78 is 4.98. The van der Waals surface area contributed by atoms with E-state index < -0.39 is 0 Å². The molecule has 0 atom stereocenters. The molecule has 0 N–H and O–H groups in total. The highest BCUT2D eigenvalue weighted by atomic mass is 32.1. The first-order valence-electron chi connectivity index (χ1n) is 6.68. The van der Waals surface area contributed by atoms with Crippen LogP contribution in [0.25, 0.3) is 21.5 Å². The van der Waals surface area contributed by atoms with Crippen molar-refractivity contribution in [3.05, 3.63) is 47.1 Å². The summed E-state index contributed by atoms with van der Waals surface area (Å²) in [6.45, 7) is 4.09. The van der Waals surface area contributed by atoms with E-state index in [0.717, 1.165) is 27.2 Å². The average molecular weight is 298 g/mol. The molecule has 0 aliphatic rings. The highest BCUT2D eigenvalue weighted by Gasteiger charge is 2.14. The number of aryl methyl sites for hydroxylation is 1. The van der Waals surface area contributed by atoms with Crippen LogP contribution in [0.15, 0.2) is 35.7 Å². The first-order chi connectivity index (χ1) is 10.2. The lowest BCUT2D eigenvalue weighted by Crippen LogP contribution is -2.04. The summed E-state index contributed by atoms with van der Waals surface area (Å²) in [7, 11) is 0. The molecule has 3 rings (SSSR count). The van der Waals surface area contributed by atoms with Gasteiger partial charge in [0.15, 0.2) is 5.69 Å². The smallest absolute Gasteiger partial charge is 0.357 e. The van der Waals surface area contributed by atoms with Crippen molar-refractivity contribution < 1.29 is 9.53 Å². The van der Waals surface area contributed by atoms with Crippen molar-refractivity contribution in [3.8, 4) is 10.6 Å². The van der Waals surface area contributed by atoms with Gasteiger partial charge in [-0.2, -0.15) is 0 Å². The number of benzene rings is 1. The van der Waals surface area contributed by atoms with Gasteiger partial charge in [0.1, 0.15) is 5.01 Å². The highest BCUT2D eigenvalue weighted by molar-refractivity contribution is 7.13. The van der Waals surface area contributed by atoms with Crippen LogP contribution in [0.3, 0.4) is 0 Å². The Bertz CT molecular complexity index is 811. The van der Waals surface area contributed by atoms with E-state index in [2.05, 4.69) is 9.97 Å². The summed E-state index contributed by atoms with van der Waals surface area (Å²) in [6.07, 6.45) is 0. The molecule has 21 heavy (non-hydrogen) atoms. The van der Waals surface area contributed by atoms with Crippen LogP contribution >= 0.6 is 11.3 Å². The Morgan fingerprint density at radius 3 is 2.90 bits per heavy atom. The van der Waals surface area contributed by atoms with Crippen molar-refractivity contribution in [1.82, 2.24) is 9.97 Å². The minimum atomic E-state index is -0.380. The second kappa shape index (κ2) is 5.61. The van der Waals surface area contributed by atoms with Gasteiger partial charge < -0.3 is 4.74 Å². The van der Waals surface area contributed by atoms with Crippen molar-refractivity contribution in [1.29, 1.82) is 0 Å². The van der Waals surface area contributed by atoms with Crippen molar-refractivity contribution >= 4 is 28.2 Å². The summed E-state index contributed by atoms with van der Waals surface area (Å²) in [4.78, 5) is 20.7. The van der Waals surface area contributed by atoms with Crippen LogP contribution in [-0.4, -0.2) is 22.5 Å². The minimum absolute atomic E-state index is 0.350. The van der Waals surface area contributed by atoms with Gasteiger partial charge in [0.05, 0.1) is 12.1 Å². The zero-order chi connectivity index (χ0) is 14.8. The minimum Gasteiger partial charge on any atom is -0.461 e.